The van der Waals surface area contributed by atoms with Crippen LogP contribution in [0.5, 0.6) is 0 Å². The average molecular weight is 217 g/mol. The van der Waals surface area contributed by atoms with Crippen molar-refractivity contribution in [2.45, 2.75) is 13.0 Å². The molecule has 0 atom stereocenters. The summed E-state index contributed by atoms with van der Waals surface area (Å²) in [7, 11) is 0. The molecule has 0 bridgehead atoms. The molecule has 0 unspecified atom stereocenters. The van der Waals surface area contributed by atoms with Gasteiger partial charge < -0.3 is 15.5 Å². The molecule has 1 fully saturated rings. The first-order valence-corrected chi connectivity index (χ1v) is 5.62. The summed E-state index contributed by atoms with van der Waals surface area (Å²) in [5.74, 6) is 0.0863. The molecule has 0 aliphatic carbocycles. The summed E-state index contributed by atoms with van der Waals surface area (Å²) in [5.41, 5.74) is 3.33. The van der Waals surface area contributed by atoms with Gasteiger partial charge in [-0.1, -0.05) is 6.07 Å². The number of benzene rings is 1. The van der Waals surface area contributed by atoms with E-state index in [-0.39, 0.29) is 5.91 Å². The van der Waals surface area contributed by atoms with Gasteiger partial charge in [-0.3, -0.25) is 4.79 Å². The van der Waals surface area contributed by atoms with Gasteiger partial charge in [0.15, 0.2) is 0 Å². The molecule has 2 N–H and O–H groups in total. The molecule has 1 amide bonds. The van der Waals surface area contributed by atoms with E-state index in [0.29, 0.717) is 12.6 Å². The Morgan fingerprint density at radius 2 is 2.19 bits per heavy atom. The highest BCUT2D eigenvalue weighted by molar-refractivity contribution is 6.01. The van der Waals surface area contributed by atoms with Crippen molar-refractivity contribution in [2.75, 3.05) is 29.9 Å². The second-order valence-corrected chi connectivity index (χ2v) is 4.51. The number of carbonyl (C=O) groups excluding carboxylic acids is 1. The van der Waals surface area contributed by atoms with E-state index in [4.69, 9.17) is 0 Å². The molecule has 1 aromatic carbocycles. The topological polar surface area (TPSA) is 44.4 Å². The molecular formula is C12H15N3O. The molecule has 84 valence electrons. The van der Waals surface area contributed by atoms with E-state index in [1.54, 1.807) is 0 Å². The number of carbonyl (C=O) groups is 1. The van der Waals surface area contributed by atoms with Crippen molar-refractivity contribution in [3.63, 3.8) is 0 Å². The average Bonchev–Trinajstić information content (AvgIpc) is 2.16. The lowest BCUT2D eigenvalue weighted by molar-refractivity contribution is -0.115. The predicted molar refractivity (Wildman–Crippen MR) is 63.8 cm³/mol. The maximum Gasteiger partial charge on any atom is 0.243 e. The van der Waals surface area contributed by atoms with Gasteiger partial charge in [-0.15, -0.1) is 0 Å². The van der Waals surface area contributed by atoms with E-state index >= 15 is 0 Å². The molecule has 2 aliphatic rings. The van der Waals surface area contributed by atoms with Crippen LogP contribution in [-0.2, 0) is 4.79 Å². The zero-order valence-electron chi connectivity index (χ0n) is 9.29. The van der Waals surface area contributed by atoms with Gasteiger partial charge in [0, 0.05) is 13.1 Å². The molecule has 16 heavy (non-hydrogen) atoms. The quantitative estimate of drug-likeness (QED) is 0.728. The van der Waals surface area contributed by atoms with Crippen molar-refractivity contribution in [3.8, 4) is 0 Å². The molecular weight excluding hydrogens is 202 g/mol. The zero-order valence-corrected chi connectivity index (χ0v) is 9.29. The Kier molecular flexibility index (Phi) is 2.11. The van der Waals surface area contributed by atoms with Crippen LogP contribution in [0.3, 0.4) is 0 Å². The fourth-order valence-corrected chi connectivity index (χ4v) is 2.23. The lowest BCUT2D eigenvalue weighted by Crippen LogP contribution is -2.60. The maximum atomic E-state index is 11.6. The van der Waals surface area contributed by atoms with Crippen molar-refractivity contribution in [1.82, 2.24) is 5.32 Å². The van der Waals surface area contributed by atoms with Crippen molar-refractivity contribution < 1.29 is 4.79 Å². The Balaban J connectivity index is 2.01. The summed E-state index contributed by atoms with van der Waals surface area (Å²) >= 11 is 0. The second-order valence-electron chi connectivity index (χ2n) is 4.51. The number of hydrogen-bond donors (Lipinski definition) is 2. The number of fused-ring (bicyclic) bond motifs is 1. The summed E-state index contributed by atoms with van der Waals surface area (Å²) in [5, 5.41) is 6.16. The third-order valence-electron chi connectivity index (χ3n) is 3.25. The number of amides is 1. The van der Waals surface area contributed by atoms with Gasteiger partial charge >= 0.3 is 0 Å². The Bertz CT molecular complexity index is 440. The van der Waals surface area contributed by atoms with Gasteiger partial charge in [-0.05, 0) is 24.6 Å². The zero-order chi connectivity index (χ0) is 11.1. The molecule has 2 heterocycles. The molecule has 2 aliphatic heterocycles. The fourth-order valence-electron chi connectivity index (χ4n) is 2.23. The lowest BCUT2D eigenvalue weighted by Gasteiger charge is -2.42. The number of hydrogen-bond acceptors (Lipinski definition) is 3. The van der Waals surface area contributed by atoms with Crippen LogP contribution in [-0.4, -0.2) is 31.6 Å². The number of nitrogens with one attached hydrogen (secondary N) is 2. The lowest BCUT2D eigenvalue weighted by atomic mass is 10.1. The van der Waals surface area contributed by atoms with Crippen LogP contribution >= 0.6 is 0 Å². The first kappa shape index (κ1) is 9.66. The van der Waals surface area contributed by atoms with Gasteiger partial charge in [0.05, 0.1) is 24.0 Å². The number of aryl methyl sites for hydroxylation is 1. The molecule has 1 saturated heterocycles. The molecule has 1 aromatic rings. The predicted octanol–water partition coefficient (Wildman–Crippen LogP) is 0.725. The van der Waals surface area contributed by atoms with Crippen LogP contribution in [0, 0.1) is 6.92 Å². The highest BCUT2D eigenvalue weighted by atomic mass is 16.2. The fraction of sp³-hybridized carbons (Fsp3) is 0.417. The largest absolute Gasteiger partial charge is 0.355 e. The van der Waals surface area contributed by atoms with Gasteiger partial charge in [-0.25, -0.2) is 0 Å². The molecule has 0 spiro atoms. The Morgan fingerprint density at radius 1 is 1.38 bits per heavy atom. The SMILES string of the molecule is Cc1ccc2c(c1)N(C1CNC1)CC(=O)N2. The van der Waals surface area contributed by atoms with Crippen LogP contribution in [0.2, 0.25) is 0 Å². The first-order valence-electron chi connectivity index (χ1n) is 5.62. The molecule has 0 aromatic heterocycles. The Morgan fingerprint density at radius 3 is 2.88 bits per heavy atom. The number of nitrogens with zero attached hydrogens (tertiary/aromatic N) is 1. The molecule has 4 heteroatoms. The molecule has 0 saturated carbocycles. The van der Waals surface area contributed by atoms with E-state index in [2.05, 4.69) is 28.5 Å². The van der Waals surface area contributed by atoms with Crippen LogP contribution in [0.15, 0.2) is 18.2 Å². The number of anilines is 2. The van der Waals surface area contributed by atoms with E-state index in [9.17, 15) is 4.79 Å². The van der Waals surface area contributed by atoms with Crippen molar-refractivity contribution >= 4 is 17.3 Å². The third-order valence-corrected chi connectivity index (χ3v) is 3.25. The van der Waals surface area contributed by atoms with Crippen molar-refractivity contribution in [1.29, 1.82) is 0 Å². The number of rotatable bonds is 1. The Labute approximate surface area is 94.6 Å². The Hall–Kier alpha value is -1.55. The molecule has 0 radical (unpaired) electrons. The van der Waals surface area contributed by atoms with Crippen molar-refractivity contribution in [2.24, 2.45) is 0 Å². The monoisotopic (exact) mass is 217 g/mol. The standard InChI is InChI=1S/C12H15N3O/c1-8-2-3-10-11(4-8)15(7-12(16)14-10)9-5-13-6-9/h2-4,9,13H,5-7H2,1H3,(H,14,16). The van der Waals surface area contributed by atoms with Crippen molar-refractivity contribution in [3.05, 3.63) is 23.8 Å². The van der Waals surface area contributed by atoms with E-state index < -0.39 is 0 Å². The summed E-state index contributed by atoms with van der Waals surface area (Å²) in [4.78, 5) is 13.8. The second kappa shape index (κ2) is 3.49. The van der Waals surface area contributed by atoms with Gasteiger partial charge in [0.1, 0.15) is 0 Å². The van der Waals surface area contributed by atoms with Gasteiger partial charge in [0.25, 0.3) is 0 Å². The maximum absolute atomic E-state index is 11.6. The van der Waals surface area contributed by atoms with E-state index in [0.717, 1.165) is 24.5 Å². The van der Waals surface area contributed by atoms with Crippen LogP contribution < -0.4 is 15.5 Å². The smallest absolute Gasteiger partial charge is 0.243 e. The highest BCUT2D eigenvalue weighted by Crippen LogP contribution is 2.32. The normalized spacial score (nSPS) is 20.1. The minimum atomic E-state index is 0.0863. The third kappa shape index (κ3) is 1.46. The van der Waals surface area contributed by atoms with Gasteiger partial charge in [-0.2, -0.15) is 0 Å². The minimum absolute atomic E-state index is 0.0863. The summed E-state index contributed by atoms with van der Waals surface area (Å²) in [6.45, 7) is 4.50. The molecule has 4 nitrogen and oxygen atoms in total. The summed E-state index contributed by atoms with van der Waals surface area (Å²) in [6, 6.07) is 6.63. The first-order chi connectivity index (χ1) is 7.74. The summed E-state index contributed by atoms with van der Waals surface area (Å²) in [6.07, 6.45) is 0. The minimum Gasteiger partial charge on any atom is -0.355 e. The van der Waals surface area contributed by atoms with Crippen LogP contribution in [0.1, 0.15) is 5.56 Å². The van der Waals surface area contributed by atoms with Gasteiger partial charge in [0.2, 0.25) is 5.91 Å². The summed E-state index contributed by atoms with van der Waals surface area (Å²) < 4.78 is 0. The highest BCUT2D eigenvalue weighted by Gasteiger charge is 2.31. The van der Waals surface area contributed by atoms with Crippen LogP contribution in [0.25, 0.3) is 0 Å². The van der Waals surface area contributed by atoms with E-state index in [1.807, 2.05) is 12.1 Å². The van der Waals surface area contributed by atoms with Crippen LogP contribution in [0.4, 0.5) is 11.4 Å². The van der Waals surface area contributed by atoms with E-state index in [1.165, 1.54) is 5.56 Å². The molecule has 3 rings (SSSR count).